The number of rotatable bonds is 7. The van der Waals surface area contributed by atoms with Crippen molar-refractivity contribution in [3.63, 3.8) is 0 Å². The normalized spacial score (nSPS) is 19.4. The van der Waals surface area contributed by atoms with E-state index in [4.69, 9.17) is 5.41 Å². The van der Waals surface area contributed by atoms with E-state index in [1.807, 2.05) is 35.0 Å². The summed E-state index contributed by atoms with van der Waals surface area (Å²) in [5.41, 5.74) is 2.28. The van der Waals surface area contributed by atoms with E-state index < -0.39 is 10.0 Å². The van der Waals surface area contributed by atoms with E-state index in [0.29, 0.717) is 24.7 Å². The van der Waals surface area contributed by atoms with Gasteiger partial charge in [-0.05, 0) is 54.7 Å². The molecule has 8 nitrogen and oxygen atoms in total. The van der Waals surface area contributed by atoms with Crippen LogP contribution in [0.2, 0.25) is 0 Å². The fourth-order valence-electron chi connectivity index (χ4n) is 5.82. The Labute approximate surface area is 207 Å². The van der Waals surface area contributed by atoms with Gasteiger partial charge in [-0.3, -0.25) is 4.68 Å². The van der Waals surface area contributed by atoms with Crippen molar-refractivity contribution in [2.24, 2.45) is 11.3 Å². The molecule has 0 radical (unpaired) electrons. The van der Waals surface area contributed by atoms with Gasteiger partial charge in [-0.15, -0.1) is 0 Å². The highest BCUT2D eigenvalue weighted by molar-refractivity contribution is 7.89. The van der Waals surface area contributed by atoms with Crippen molar-refractivity contribution in [1.29, 1.82) is 5.41 Å². The van der Waals surface area contributed by atoms with Gasteiger partial charge in [-0.1, -0.05) is 49.6 Å². The highest BCUT2D eigenvalue weighted by atomic mass is 32.2. The maximum atomic E-state index is 13.6. The van der Waals surface area contributed by atoms with Crippen LogP contribution in [0.25, 0.3) is 11.3 Å². The number of sulfonamides is 1. The Morgan fingerprint density at radius 3 is 2.43 bits per heavy atom. The first-order valence-electron chi connectivity index (χ1n) is 12.4. The summed E-state index contributed by atoms with van der Waals surface area (Å²) in [5.74, 6) is 0.593. The van der Waals surface area contributed by atoms with E-state index >= 15 is 0 Å². The first-order chi connectivity index (χ1) is 17.0. The lowest BCUT2D eigenvalue weighted by molar-refractivity contribution is 0.0321. The van der Waals surface area contributed by atoms with Crippen LogP contribution in [0.3, 0.4) is 0 Å². The van der Waals surface area contributed by atoms with Gasteiger partial charge in [0.2, 0.25) is 0 Å². The van der Waals surface area contributed by atoms with Crippen LogP contribution in [0.15, 0.2) is 60.1 Å². The van der Waals surface area contributed by atoms with Gasteiger partial charge in [-0.2, -0.15) is 9.40 Å². The lowest BCUT2D eigenvalue weighted by atomic mass is 9.64. The highest BCUT2D eigenvalue weighted by Gasteiger charge is 2.44. The molecular formula is C26H32N6O2S. The first-order valence-corrected chi connectivity index (χ1v) is 13.8. The Kier molecular flexibility index (Phi) is 6.80. The minimum Gasteiger partial charge on any atom is -0.308 e. The third-order valence-corrected chi connectivity index (χ3v) is 9.63. The zero-order valence-corrected chi connectivity index (χ0v) is 20.7. The number of benzene rings is 1. The van der Waals surface area contributed by atoms with Crippen LogP contribution in [0, 0.1) is 16.7 Å². The average molecular weight is 493 g/mol. The first kappa shape index (κ1) is 23.8. The number of aromatic nitrogens is 4. The molecule has 1 saturated carbocycles. The van der Waals surface area contributed by atoms with Gasteiger partial charge in [-0.25, -0.2) is 18.4 Å². The molecule has 0 unspecified atom stereocenters. The molecule has 184 valence electrons. The fraction of sp³-hybridized carbons (Fsp3) is 0.462. The van der Waals surface area contributed by atoms with Crippen LogP contribution >= 0.6 is 0 Å². The number of piperidine rings is 1. The third kappa shape index (κ3) is 4.92. The molecule has 3 heterocycles. The number of hydrogen-bond donors (Lipinski definition) is 1. The Bertz CT molecular complexity index is 1240. The van der Waals surface area contributed by atoms with Crippen LogP contribution in [-0.4, -0.2) is 51.8 Å². The smallest absolute Gasteiger partial charge is 0.260 e. The molecular weight excluding hydrogens is 460 g/mol. The molecule has 2 aromatic heterocycles. The molecule has 1 aromatic carbocycles. The predicted octanol–water partition coefficient (Wildman–Crippen LogP) is 4.39. The standard InChI is InChI=1S/C26H32N6O2S/c27-17-21-9-11-22(12-10-21)24-7-4-8-25(30-24)35(33,34)32-15-13-26(14-16-32,18-31-20-28-19-29-31)23-5-2-1-3-6-23/h4,7-12,17,19-20,23,27H,1-3,5-6,13-16,18H2. The SMILES string of the molecule is N=Cc1ccc(-c2cccc(S(=O)(=O)N3CCC(Cn4cncn4)(C4CCCCC4)CC3)n2)cc1. The lowest BCUT2D eigenvalue weighted by Gasteiger charge is -2.47. The van der Waals surface area contributed by atoms with Gasteiger partial charge in [0.05, 0.1) is 5.69 Å². The zero-order valence-electron chi connectivity index (χ0n) is 19.9. The second-order valence-corrected chi connectivity index (χ2v) is 11.7. The van der Waals surface area contributed by atoms with E-state index in [-0.39, 0.29) is 10.4 Å². The second-order valence-electron chi connectivity index (χ2n) is 9.82. The van der Waals surface area contributed by atoms with Gasteiger partial charge >= 0.3 is 0 Å². The molecule has 1 aliphatic heterocycles. The van der Waals surface area contributed by atoms with Crippen molar-refractivity contribution in [3.8, 4) is 11.3 Å². The molecule has 9 heteroatoms. The number of pyridine rings is 1. The van der Waals surface area contributed by atoms with Crippen molar-refractivity contribution < 1.29 is 8.42 Å². The van der Waals surface area contributed by atoms with E-state index in [1.165, 1.54) is 38.3 Å². The summed E-state index contributed by atoms with van der Waals surface area (Å²) < 4.78 is 30.7. The van der Waals surface area contributed by atoms with E-state index in [0.717, 1.165) is 30.5 Å². The van der Waals surface area contributed by atoms with Crippen molar-refractivity contribution in [1.82, 2.24) is 24.1 Å². The molecule has 0 bridgehead atoms. The number of hydrogen-bond acceptors (Lipinski definition) is 6. The second kappa shape index (κ2) is 9.99. The molecule has 2 fully saturated rings. The van der Waals surface area contributed by atoms with Gasteiger partial charge in [0.15, 0.2) is 5.03 Å². The van der Waals surface area contributed by atoms with Crippen LogP contribution in [0.1, 0.15) is 50.5 Å². The molecule has 2 aliphatic rings. The largest absolute Gasteiger partial charge is 0.308 e. The summed E-state index contributed by atoms with van der Waals surface area (Å²) in [6.07, 6.45) is 12.5. The summed E-state index contributed by atoms with van der Waals surface area (Å²) in [7, 11) is -3.70. The highest BCUT2D eigenvalue weighted by Crippen LogP contribution is 2.47. The zero-order chi connectivity index (χ0) is 24.3. The molecule has 0 atom stereocenters. The van der Waals surface area contributed by atoms with Crippen molar-refractivity contribution in [2.75, 3.05) is 13.1 Å². The lowest BCUT2D eigenvalue weighted by Crippen LogP contribution is -2.48. The fourth-order valence-corrected chi connectivity index (χ4v) is 7.21. The summed E-state index contributed by atoms with van der Waals surface area (Å²) in [6, 6.07) is 12.5. The molecule has 1 aliphatic carbocycles. The monoisotopic (exact) mass is 492 g/mol. The van der Waals surface area contributed by atoms with Gasteiger partial charge in [0.25, 0.3) is 10.0 Å². The molecule has 3 aromatic rings. The maximum absolute atomic E-state index is 13.6. The van der Waals surface area contributed by atoms with Crippen LogP contribution in [0.5, 0.6) is 0 Å². The topological polar surface area (TPSA) is 105 Å². The Hall–Kier alpha value is -2.91. The van der Waals surface area contributed by atoms with Gasteiger partial charge in [0.1, 0.15) is 12.7 Å². The number of nitrogens with one attached hydrogen (secondary N) is 1. The third-order valence-electron chi connectivity index (χ3n) is 7.83. The van der Waals surface area contributed by atoms with Crippen LogP contribution in [0.4, 0.5) is 0 Å². The van der Waals surface area contributed by atoms with Gasteiger partial charge in [0, 0.05) is 31.4 Å². The molecule has 0 spiro atoms. The molecule has 5 rings (SSSR count). The summed E-state index contributed by atoms with van der Waals surface area (Å²) in [6.45, 7) is 1.78. The Morgan fingerprint density at radius 2 is 1.77 bits per heavy atom. The van der Waals surface area contributed by atoms with Crippen LogP contribution < -0.4 is 0 Å². The molecule has 1 saturated heterocycles. The maximum Gasteiger partial charge on any atom is 0.260 e. The van der Waals surface area contributed by atoms with Crippen molar-refractivity contribution >= 4 is 16.2 Å². The van der Waals surface area contributed by atoms with Crippen molar-refractivity contribution in [2.45, 2.75) is 56.5 Å². The van der Waals surface area contributed by atoms with Crippen LogP contribution in [-0.2, 0) is 16.6 Å². The molecule has 1 N–H and O–H groups in total. The Balaban J connectivity index is 1.36. The minimum absolute atomic E-state index is 0.0476. The predicted molar refractivity (Wildman–Crippen MR) is 135 cm³/mol. The van der Waals surface area contributed by atoms with Crippen molar-refractivity contribution in [3.05, 3.63) is 60.7 Å². The minimum atomic E-state index is -3.70. The summed E-state index contributed by atoms with van der Waals surface area (Å²) in [5, 5.41) is 11.8. The average Bonchev–Trinajstić information content (AvgIpc) is 3.42. The molecule has 35 heavy (non-hydrogen) atoms. The van der Waals surface area contributed by atoms with E-state index in [9.17, 15) is 8.42 Å². The van der Waals surface area contributed by atoms with Gasteiger partial charge < -0.3 is 5.41 Å². The summed E-state index contributed by atoms with van der Waals surface area (Å²) in [4.78, 5) is 8.65. The Morgan fingerprint density at radius 1 is 1.03 bits per heavy atom. The van der Waals surface area contributed by atoms with E-state index in [1.54, 1.807) is 29.1 Å². The van der Waals surface area contributed by atoms with E-state index in [2.05, 4.69) is 15.1 Å². The summed E-state index contributed by atoms with van der Waals surface area (Å²) >= 11 is 0. The quantitative estimate of drug-likeness (QED) is 0.493. The molecule has 0 amide bonds. The number of nitrogens with zero attached hydrogens (tertiary/aromatic N) is 5.